The summed E-state index contributed by atoms with van der Waals surface area (Å²) in [6.45, 7) is 0.987. The van der Waals surface area contributed by atoms with Crippen LogP contribution in [0.15, 0.2) is 48.7 Å². The predicted molar refractivity (Wildman–Crippen MR) is 141 cm³/mol. The number of nitro benzene ring substituents is 6. The Morgan fingerprint density at radius 3 is 1.34 bits per heavy atom. The Morgan fingerprint density at radius 1 is 0.705 bits per heavy atom. The molecule has 0 radical (unpaired) electrons. The van der Waals surface area contributed by atoms with E-state index < -0.39 is 75.2 Å². The highest BCUT2D eigenvalue weighted by Crippen LogP contribution is 2.40. The van der Waals surface area contributed by atoms with Crippen LogP contribution >= 0.6 is 0 Å². The van der Waals surface area contributed by atoms with Gasteiger partial charge in [0.2, 0.25) is 0 Å². The van der Waals surface area contributed by atoms with Crippen LogP contribution in [0.2, 0.25) is 0 Å². The molecule has 0 aliphatic carbocycles. The van der Waals surface area contributed by atoms with E-state index in [0.717, 1.165) is 18.7 Å². The molecule has 2 heterocycles. The van der Waals surface area contributed by atoms with Crippen LogP contribution in [0.4, 0.5) is 34.1 Å². The van der Waals surface area contributed by atoms with Gasteiger partial charge in [-0.3, -0.25) is 70.5 Å². The van der Waals surface area contributed by atoms with Gasteiger partial charge in [0.15, 0.2) is 0 Å². The minimum absolute atomic E-state index is 0.163. The lowest BCUT2D eigenvalue weighted by atomic mass is 10.2. The van der Waals surface area contributed by atoms with E-state index in [4.69, 9.17) is 15.1 Å². The van der Waals surface area contributed by atoms with Gasteiger partial charge in [-0.05, 0) is 18.6 Å². The van der Waals surface area contributed by atoms with Crippen LogP contribution in [-0.4, -0.2) is 63.4 Å². The largest absolute Gasteiger partial charge is 0.497 e. The van der Waals surface area contributed by atoms with Crippen molar-refractivity contribution in [2.45, 2.75) is 12.5 Å². The molecule has 1 saturated heterocycles. The quantitative estimate of drug-likeness (QED) is 0.280. The van der Waals surface area contributed by atoms with Gasteiger partial charge in [0.1, 0.15) is 6.10 Å². The summed E-state index contributed by atoms with van der Waals surface area (Å²) in [6, 6.07) is 7.70. The molecule has 1 fully saturated rings. The third kappa shape index (κ3) is 8.51. The van der Waals surface area contributed by atoms with Gasteiger partial charge in [-0.25, -0.2) is 0 Å². The van der Waals surface area contributed by atoms with Crippen LogP contribution in [0.5, 0.6) is 11.5 Å². The van der Waals surface area contributed by atoms with Crippen molar-refractivity contribution in [3.63, 3.8) is 0 Å². The lowest BCUT2D eigenvalue weighted by molar-refractivity contribution is -0.404. The summed E-state index contributed by atoms with van der Waals surface area (Å²) in [5.41, 5.74) is -4.97. The second-order valence-electron chi connectivity index (χ2n) is 8.20. The van der Waals surface area contributed by atoms with Gasteiger partial charge in [-0.1, -0.05) is 6.07 Å². The summed E-state index contributed by atoms with van der Waals surface area (Å²) in [5.74, 6) is -2.42. The van der Waals surface area contributed by atoms with E-state index in [-0.39, 0.29) is 6.10 Å². The van der Waals surface area contributed by atoms with Crippen molar-refractivity contribution < 1.29 is 44.6 Å². The maximum absolute atomic E-state index is 10.4. The first-order valence-corrected chi connectivity index (χ1v) is 11.4. The highest BCUT2D eigenvalue weighted by molar-refractivity contribution is 5.65. The van der Waals surface area contributed by atoms with Crippen molar-refractivity contribution >= 4 is 34.1 Å². The molecule has 0 bridgehead atoms. The predicted octanol–water partition coefficient (Wildman–Crippen LogP) is 3.62. The average Bonchev–Trinajstić information content (AvgIpc) is 3.39. The van der Waals surface area contributed by atoms with Crippen LogP contribution < -0.4 is 0 Å². The van der Waals surface area contributed by atoms with Gasteiger partial charge < -0.3 is 10.2 Å². The number of hydrogen-bond donors (Lipinski definition) is 2. The molecule has 0 spiro atoms. The molecule has 1 aliphatic rings. The zero-order chi connectivity index (χ0) is 33.3. The summed E-state index contributed by atoms with van der Waals surface area (Å²) >= 11 is 0. The second kappa shape index (κ2) is 14.4. The minimum atomic E-state index is -1.21. The standard InChI is InChI=1S/C9H12N2O.2C6H3N3O7/c1-11-7-5-9(12-11)8-4-2-3-6-10-8;2*10-6-4(8(13)14)1-3(7(11)12)2-5(6)9(15)16/h2-4,6,9H,5,7H2,1H3;2*1-2,10H. The van der Waals surface area contributed by atoms with Gasteiger partial charge in [-0.2, -0.15) is 5.06 Å². The number of aromatic hydroxyl groups is 2. The van der Waals surface area contributed by atoms with Crippen molar-refractivity contribution in [2.24, 2.45) is 0 Å². The average molecular weight is 622 g/mol. The number of benzene rings is 2. The smallest absolute Gasteiger partial charge is 0.324 e. The van der Waals surface area contributed by atoms with E-state index >= 15 is 0 Å². The number of phenolic OH excluding ortho intramolecular Hbond substituents is 2. The number of hydrogen-bond acceptors (Lipinski definition) is 17. The molecule has 1 unspecified atom stereocenters. The minimum Gasteiger partial charge on any atom is -0.497 e. The topological polar surface area (TPSA) is 325 Å². The first-order chi connectivity index (χ1) is 20.5. The Hall–Kier alpha value is -6.49. The summed E-state index contributed by atoms with van der Waals surface area (Å²) < 4.78 is 0. The highest BCUT2D eigenvalue weighted by atomic mass is 16.7. The molecular weight excluding hydrogens is 604 g/mol. The number of nitro groups is 6. The molecule has 0 amide bonds. The summed E-state index contributed by atoms with van der Waals surface area (Å²) in [6.07, 6.45) is 3.00. The number of nitrogens with zero attached hydrogens (tertiary/aromatic N) is 8. The maximum atomic E-state index is 10.4. The number of rotatable bonds is 7. The Kier molecular flexibility index (Phi) is 11.0. The molecule has 232 valence electrons. The van der Waals surface area contributed by atoms with E-state index in [1.165, 1.54) is 0 Å². The molecule has 3 aromatic rings. The monoisotopic (exact) mass is 622 g/mol. The normalized spacial score (nSPS) is 13.8. The third-order valence-corrected chi connectivity index (χ3v) is 5.35. The first kappa shape index (κ1) is 33.7. The number of pyridine rings is 1. The molecule has 0 saturated carbocycles. The van der Waals surface area contributed by atoms with Gasteiger partial charge in [0, 0.05) is 19.8 Å². The summed E-state index contributed by atoms with van der Waals surface area (Å²) in [4.78, 5) is 65.3. The zero-order valence-electron chi connectivity index (χ0n) is 21.9. The molecular formula is C21H18N8O15. The van der Waals surface area contributed by atoms with Crippen LogP contribution in [-0.2, 0) is 4.84 Å². The van der Waals surface area contributed by atoms with Crippen molar-refractivity contribution in [3.05, 3.63) is 115 Å². The fraction of sp³-hybridized carbons (Fsp3) is 0.190. The first-order valence-electron chi connectivity index (χ1n) is 11.4. The number of phenols is 2. The zero-order valence-corrected chi connectivity index (χ0v) is 21.9. The Labute approximate surface area is 242 Å². The maximum Gasteiger partial charge on any atom is 0.324 e. The van der Waals surface area contributed by atoms with Gasteiger partial charge in [0.05, 0.1) is 59.5 Å². The van der Waals surface area contributed by atoms with Crippen LogP contribution in [0.1, 0.15) is 18.2 Å². The Bertz CT molecular complexity index is 1460. The number of aromatic nitrogens is 1. The third-order valence-electron chi connectivity index (χ3n) is 5.35. The molecule has 1 atom stereocenters. The van der Waals surface area contributed by atoms with E-state index in [1.807, 2.05) is 30.3 Å². The molecule has 2 N–H and O–H groups in total. The molecule has 23 heteroatoms. The second-order valence-corrected chi connectivity index (χ2v) is 8.20. The fourth-order valence-electron chi connectivity index (χ4n) is 3.34. The van der Waals surface area contributed by atoms with Crippen molar-refractivity contribution in [1.82, 2.24) is 10.0 Å². The van der Waals surface area contributed by atoms with Gasteiger partial charge in [0.25, 0.3) is 22.9 Å². The SMILES string of the molecule is CN1CCC(c2ccccn2)O1.O=[N+]([O-])c1cc([N+](=O)[O-])c(O)c([N+](=O)[O-])c1.O=[N+]([O-])c1cc([N+](=O)[O-])c(O)c([N+](=O)[O-])c1. The van der Waals surface area contributed by atoms with Gasteiger partial charge in [-0.15, -0.1) is 0 Å². The van der Waals surface area contributed by atoms with Crippen LogP contribution in [0.3, 0.4) is 0 Å². The Balaban J connectivity index is 0.000000232. The number of hydroxylamine groups is 2. The molecule has 2 aromatic carbocycles. The number of non-ortho nitro benzene ring substituents is 2. The van der Waals surface area contributed by atoms with Crippen molar-refractivity contribution in [2.75, 3.05) is 13.6 Å². The van der Waals surface area contributed by atoms with Crippen LogP contribution in [0, 0.1) is 60.7 Å². The molecule has 1 aliphatic heterocycles. The lowest BCUT2D eigenvalue weighted by Gasteiger charge is -2.10. The van der Waals surface area contributed by atoms with Crippen LogP contribution in [0.25, 0.3) is 0 Å². The molecule has 4 rings (SSSR count). The molecule has 44 heavy (non-hydrogen) atoms. The van der Waals surface area contributed by atoms with E-state index in [0.29, 0.717) is 24.3 Å². The van der Waals surface area contributed by atoms with Crippen molar-refractivity contribution in [1.29, 1.82) is 0 Å². The fourth-order valence-corrected chi connectivity index (χ4v) is 3.34. The van der Waals surface area contributed by atoms with E-state index in [9.17, 15) is 60.7 Å². The molecule has 23 nitrogen and oxygen atoms in total. The highest BCUT2D eigenvalue weighted by Gasteiger charge is 2.31. The summed E-state index contributed by atoms with van der Waals surface area (Å²) in [7, 11) is 1.95. The summed E-state index contributed by atoms with van der Waals surface area (Å²) in [5, 5.41) is 82.3. The van der Waals surface area contributed by atoms with E-state index in [2.05, 4.69) is 4.98 Å². The van der Waals surface area contributed by atoms with Crippen molar-refractivity contribution in [3.8, 4) is 11.5 Å². The molecule has 1 aromatic heterocycles. The Morgan fingerprint density at radius 2 is 1.09 bits per heavy atom. The van der Waals surface area contributed by atoms with E-state index in [1.54, 1.807) is 6.20 Å². The lowest BCUT2D eigenvalue weighted by Crippen LogP contribution is -2.10. The van der Waals surface area contributed by atoms with Gasteiger partial charge >= 0.3 is 22.7 Å².